The van der Waals surface area contributed by atoms with Crippen LogP contribution in [0.3, 0.4) is 0 Å². The first-order valence-electron chi connectivity index (χ1n) is 7.41. The first kappa shape index (κ1) is 13.7. The molecule has 7 heteroatoms. The summed E-state index contributed by atoms with van der Waals surface area (Å²) in [6.07, 6.45) is 4.50. The Hall–Kier alpha value is -2.93. The van der Waals surface area contributed by atoms with Gasteiger partial charge in [-0.25, -0.2) is 5.10 Å². The maximum Gasteiger partial charge on any atom is 0.450 e. The van der Waals surface area contributed by atoms with Crippen molar-refractivity contribution in [1.29, 1.82) is 0 Å². The molecule has 0 spiro atoms. The molecule has 0 unspecified atom stereocenters. The molecule has 4 rings (SSSR count). The molecule has 3 heterocycles. The molecule has 1 aromatic rings. The van der Waals surface area contributed by atoms with E-state index in [0.29, 0.717) is 10.9 Å². The van der Waals surface area contributed by atoms with E-state index in [1.165, 1.54) is 0 Å². The highest BCUT2D eigenvalue weighted by atomic mass is 16.3. The molecule has 0 saturated heterocycles. The van der Waals surface area contributed by atoms with Gasteiger partial charge in [0.15, 0.2) is 0 Å². The zero-order valence-electron chi connectivity index (χ0n) is 12.3. The summed E-state index contributed by atoms with van der Waals surface area (Å²) in [4.78, 5) is 12.2. The Morgan fingerprint density at radius 1 is 1.39 bits per heavy atom. The van der Waals surface area contributed by atoms with Crippen molar-refractivity contribution in [2.75, 3.05) is 13.1 Å². The van der Waals surface area contributed by atoms with Crippen LogP contribution in [0.4, 0.5) is 0 Å². The molecular formula is C16H16N5O2+. The maximum atomic E-state index is 12.2. The van der Waals surface area contributed by atoms with E-state index in [1.807, 2.05) is 6.07 Å². The van der Waals surface area contributed by atoms with Crippen molar-refractivity contribution in [3.05, 3.63) is 52.5 Å². The standard InChI is InChI=1S/C16H15N5O2/c17-16(23)21-12-3-1-2-10-13(12)11(8-19-20-15(10)22)14(21)9-4-6-18-7-5-9/h1-4,8,18H,5-7H2,(H3,17,20,22,23)/p+1. The van der Waals surface area contributed by atoms with Crippen molar-refractivity contribution >= 4 is 16.5 Å². The van der Waals surface area contributed by atoms with Gasteiger partial charge in [0.2, 0.25) is 0 Å². The van der Waals surface area contributed by atoms with Gasteiger partial charge in [-0.1, -0.05) is 12.1 Å². The number of benzene rings is 1. The minimum atomic E-state index is -0.317. The maximum absolute atomic E-state index is 12.2. The zero-order chi connectivity index (χ0) is 16.0. The molecule has 0 fully saturated rings. The van der Waals surface area contributed by atoms with E-state index in [0.717, 1.165) is 41.9 Å². The first-order chi connectivity index (χ1) is 11.2. The van der Waals surface area contributed by atoms with E-state index in [2.05, 4.69) is 21.6 Å². The number of nitrogens with one attached hydrogen (secondary N) is 2. The van der Waals surface area contributed by atoms with Crippen molar-refractivity contribution in [3.63, 3.8) is 0 Å². The number of aromatic nitrogens is 3. The summed E-state index contributed by atoms with van der Waals surface area (Å²) in [6, 6.07) is 5.03. The van der Waals surface area contributed by atoms with Crippen LogP contribution < -0.4 is 20.9 Å². The molecule has 3 aliphatic heterocycles. The van der Waals surface area contributed by atoms with Gasteiger partial charge in [-0.2, -0.15) is 9.34 Å². The number of H-pyrrole nitrogens is 1. The highest BCUT2D eigenvalue weighted by Crippen LogP contribution is 2.35. The van der Waals surface area contributed by atoms with Gasteiger partial charge in [-0.3, -0.25) is 10.5 Å². The molecule has 3 aliphatic rings. The lowest BCUT2D eigenvalue weighted by Crippen LogP contribution is -2.31. The largest absolute Gasteiger partial charge is 0.450 e. The molecule has 0 radical (unpaired) electrons. The Balaban J connectivity index is 2.25. The molecule has 0 amide bonds. The zero-order valence-corrected chi connectivity index (χ0v) is 12.3. The van der Waals surface area contributed by atoms with Gasteiger partial charge >= 0.3 is 6.02 Å². The second kappa shape index (κ2) is 5.06. The third-order valence-corrected chi connectivity index (χ3v) is 4.23. The van der Waals surface area contributed by atoms with Gasteiger partial charge in [-0.05, 0) is 30.7 Å². The summed E-state index contributed by atoms with van der Waals surface area (Å²) >= 11 is 0. The van der Waals surface area contributed by atoms with Crippen LogP contribution in [-0.4, -0.2) is 28.4 Å². The van der Waals surface area contributed by atoms with E-state index in [9.17, 15) is 9.90 Å². The summed E-state index contributed by atoms with van der Waals surface area (Å²) in [5.74, 6) is 0. The van der Waals surface area contributed by atoms with Crippen LogP contribution in [-0.2, 0) is 0 Å². The van der Waals surface area contributed by atoms with Gasteiger partial charge in [0.25, 0.3) is 5.56 Å². The summed E-state index contributed by atoms with van der Waals surface area (Å²) in [7, 11) is 0. The number of rotatable bonds is 1. The molecular weight excluding hydrogens is 294 g/mol. The molecule has 5 N–H and O–H groups in total. The quantitative estimate of drug-likeness (QED) is 0.481. The fourth-order valence-electron chi connectivity index (χ4n) is 3.29. The van der Waals surface area contributed by atoms with Crippen LogP contribution in [0.25, 0.3) is 27.6 Å². The SMILES string of the molecule is NC(O)=[n+]1c(C2=CCNCC2)c2cn[nH]c(=O)c3cccc1c3-2. The minimum Gasteiger partial charge on any atom is -0.447 e. The van der Waals surface area contributed by atoms with Crippen LogP contribution in [0.5, 0.6) is 0 Å². The molecule has 0 saturated carbocycles. The van der Waals surface area contributed by atoms with E-state index in [-0.39, 0.29) is 11.6 Å². The van der Waals surface area contributed by atoms with E-state index >= 15 is 0 Å². The predicted molar refractivity (Wildman–Crippen MR) is 85.7 cm³/mol. The number of nitrogens with zero attached hydrogens (tertiary/aromatic N) is 2. The lowest BCUT2D eigenvalue weighted by atomic mass is 9.98. The van der Waals surface area contributed by atoms with Crippen molar-refractivity contribution in [1.82, 2.24) is 15.5 Å². The van der Waals surface area contributed by atoms with Crippen molar-refractivity contribution < 1.29 is 9.35 Å². The van der Waals surface area contributed by atoms with Crippen molar-refractivity contribution in [3.8, 4) is 11.1 Å². The van der Waals surface area contributed by atoms with E-state index < -0.39 is 0 Å². The highest BCUT2D eigenvalue weighted by molar-refractivity contribution is 5.97. The van der Waals surface area contributed by atoms with Crippen LogP contribution >= 0.6 is 0 Å². The third kappa shape index (κ3) is 1.97. The molecule has 7 nitrogen and oxygen atoms in total. The van der Waals surface area contributed by atoms with Crippen LogP contribution in [0.2, 0.25) is 0 Å². The number of aromatic amines is 1. The summed E-state index contributed by atoms with van der Waals surface area (Å²) < 4.78 is 1.59. The molecule has 0 aliphatic carbocycles. The van der Waals surface area contributed by atoms with Crippen molar-refractivity contribution in [2.24, 2.45) is 5.73 Å². The Kier molecular flexibility index (Phi) is 3.02. The second-order valence-electron chi connectivity index (χ2n) is 5.54. The number of hydrogen-bond acceptors (Lipinski definition) is 5. The monoisotopic (exact) mass is 310 g/mol. The Morgan fingerprint density at radius 2 is 2.26 bits per heavy atom. The van der Waals surface area contributed by atoms with Gasteiger partial charge in [0.1, 0.15) is 11.2 Å². The minimum absolute atomic E-state index is 0.273. The summed E-state index contributed by atoms with van der Waals surface area (Å²) in [5, 5.41) is 20.4. The van der Waals surface area contributed by atoms with E-state index in [4.69, 9.17) is 5.73 Å². The van der Waals surface area contributed by atoms with Gasteiger partial charge in [0, 0.05) is 12.1 Å². The lowest BCUT2D eigenvalue weighted by molar-refractivity contribution is -0.516. The van der Waals surface area contributed by atoms with Gasteiger partial charge in [-0.15, -0.1) is 0 Å². The van der Waals surface area contributed by atoms with E-state index in [1.54, 1.807) is 22.6 Å². The highest BCUT2D eigenvalue weighted by Gasteiger charge is 2.28. The van der Waals surface area contributed by atoms with Gasteiger partial charge in [0.05, 0.1) is 17.1 Å². The normalized spacial score (nSPS) is 16.6. The predicted octanol–water partition coefficient (Wildman–Crippen LogP) is 0.223. The average molecular weight is 310 g/mol. The molecule has 0 atom stereocenters. The number of aliphatic hydroxyl groups excluding tert-OH is 1. The van der Waals surface area contributed by atoms with Crippen molar-refractivity contribution in [2.45, 2.75) is 6.42 Å². The van der Waals surface area contributed by atoms with Crippen LogP contribution in [0.15, 0.2) is 35.3 Å². The molecule has 1 aromatic carbocycles. The number of hydrogen-bond donors (Lipinski definition) is 4. The summed E-state index contributed by atoms with van der Waals surface area (Å²) in [6.45, 7) is 1.60. The third-order valence-electron chi connectivity index (χ3n) is 4.23. The van der Waals surface area contributed by atoms with Crippen LogP contribution in [0, 0.1) is 6.02 Å². The second-order valence-corrected chi connectivity index (χ2v) is 5.54. The van der Waals surface area contributed by atoms with Gasteiger partial charge < -0.3 is 10.4 Å². The lowest BCUT2D eigenvalue weighted by Gasteiger charge is -2.12. The number of aliphatic hydroxyl groups is 1. The Morgan fingerprint density at radius 3 is 3.00 bits per heavy atom. The van der Waals surface area contributed by atoms with Crippen LogP contribution in [0.1, 0.15) is 12.1 Å². The molecule has 0 bridgehead atoms. The molecule has 0 aromatic heterocycles. The molecule has 116 valence electrons. The Labute approximate surface area is 131 Å². The average Bonchev–Trinajstić information content (AvgIpc) is 2.80. The fourth-order valence-corrected chi connectivity index (χ4v) is 3.29. The summed E-state index contributed by atoms with van der Waals surface area (Å²) in [5.41, 5.74) is 9.56. The first-order valence-corrected chi connectivity index (χ1v) is 7.41. The topological polar surface area (TPSA) is 110 Å². The fraction of sp³-hybridized carbons (Fsp3) is 0.188. The Bertz CT molecular complexity index is 1020. The number of nitrogens with two attached hydrogens (primary N) is 1. The smallest absolute Gasteiger partial charge is 0.447 e. The molecule has 23 heavy (non-hydrogen) atoms.